The topological polar surface area (TPSA) is 43.8 Å². The molecule has 0 aliphatic heterocycles. The van der Waals surface area contributed by atoms with Crippen molar-refractivity contribution in [2.24, 2.45) is 5.73 Å². The molecular formula is C15H17N3S. The van der Waals surface area contributed by atoms with Crippen molar-refractivity contribution in [2.45, 2.75) is 25.9 Å². The van der Waals surface area contributed by atoms with E-state index in [1.54, 1.807) is 11.3 Å². The first-order chi connectivity index (χ1) is 9.29. The van der Waals surface area contributed by atoms with Crippen LogP contribution in [0.15, 0.2) is 41.1 Å². The molecule has 0 fully saturated rings. The highest BCUT2D eigenvalue weighted by Gasteiger charge is 2.14. The van der Waals surface area contributed by atoms with Gasteiger partial charge in [-0.25, -0.2) is 4.98 Å². The molecule has 1 atom stereocenters. The first kappa shape index (κ1) is 12.4. The summed E-state index contributed by atoms with van der Waals surface area (Å²) in [5.74, 6) is 1.07. The standard InChI is InChI=1S/C15H17N3S/c1-2-18-14-6-4-3-5-13(14)17-15(18)9-12(16)11-7-8-19-10-11/h3-8,10,12H,2,9,16H2,1H3. The Morgan fingerprint density at radius 1 is 1.32 bits per heavy atom. The number of para-hydroxylation sites is 2. The molecular weight excluding hydrogens is 254 g/mol. The van der Waals surface area contributed by atoms with Crippen LogP contribution in [-0.2, 0) is 13.0 Å². The maximum absolute atomic E-state index is 6.27. The van der Waals surface area contributed by atoms with Crippen molar-refractivity contribution in [3.63, 3.8) is 0 Å². The van der Waals surface area contributed by atoms with Gasteiger partial charge in [-0.2, -0.15) is 11.3 Å². The molecule has 0 saturated carbocycles. The lowest BCUT2D eigenvalue weighted by atomic mass is 10.1. The van der Waals surface area contributed by atoms with E-state index in [0.717, 1.165) is 24.3 Å². The Labute approximate surface area is 116 Å². The van der Waals surface area contributed by atoms with Crippen molar-refractivity contribution in [3.8, 4) is 0 Å². The van der Waals surface area contributed by atoms with Crippen molar-refractivity contribution in [2.75, 3.05) is 0 Å². The van der Waals surface area contributed by atoms with E-state index in [4.69, 9.17) is 10.7 Å². The van der Waals surface area contributed by atoms with Gasteiger partial charge in [0.2, 0.25) is 0 Å². The summed E-state index contributed by atoms with van der Waals surface area (Å²) in [6, 6.07) is 10.4. The number of aryl methyl sites for hydroxylation is 1. The second-order valence-electron chi connectivity index (χ2n) is 4.63. The van der Waals surface area contributed by atoms with Gasteiger partial charge < -0.3 is 10.3 Å². The number of aromatic nitrogens is 2. The van der Waals surface area contributed by atoms with Gasteiger partial charge in [0.15, 0.2) is 0 Å². The third-order valence-electron chi connectivity index (χ3n) is 3.42. The number of nitrogens with two attached hydrogens (primary N) is 1. The average molecular weight is 271 g/mol. The van der Waals surface area contributed by atoms with Gasteiger partial charge in [-0.15, -0.1) is 0 Å². The predicted octanol–water partition coefficient (Wildman–Crippen LogP) is 3.36. The molecule has 1 aromatic carbocycles. The normalized spacial score (nSPS) is 12.9. The minimum Gasteiger partial charge on any atom is -0.328 e. The molecule has 0 saturated heterocycles. The van der Waals surface area contributed by atoms with Gasteiger partial charge in [0.05, 0.1) is 11.0 Å². The fourth-order valence-corrected chi connectivity index (χ4v) is 3.16. The van der Waals surface area contributed by atoms with Crippen LogP contribution in [0, 0.1) is 0 Å². The molecule has 3 rings (SSSR count). The van der Waals surface area contributed by atoms with Crippen LogP contribution in [0.1, 0.15) is 24.4 Å². The molecule has 0 aliphatic rings. The zero-order valence-electron chi connectivity index (χ0n) is 10.9. The van der Waals surface area contributed by atoms with Crippen LogP contribution >= 0.6 is 11.3 Å². The summed E-state index contributed by atoms with van der Waals surface area (Å²) in [6.45, 7) is 3.07. The van der Waals surface area contributed by atoms with E-state index < -0.39 is 0 Å². The Hall–Kier alpha value is -1.65. The lowest BCUT2D eigenvalue weighted by molar-refractivity contribution is 0.638. The van der Waals surface area contributed by atoms with E-state index in [1.807, 2.05) is 6.07 Å². The highest BCUT2D eigenvalue weighted by atomic mass is 32.1. The number of benzene rings is 1. The minimum absolute atomic E-state index is 0.0216. The fraction of sp³-hybridized carbons (Fsp3) is 0.267. The van der Waals surface area contributed by atoms with E-state index in [9.17, 15) is 0 Å². The van der Waals surface area contributed by atoms with Crippen LogP contribution in [0.2, 0.25) is 0 Å². The quantitative estimate of drug-likeness (QED) is 0.790. The summed E-state index contributed by atoms with van der Waals surface area (Å²) in [4.78, 5) is 4.72. The number of rotatable bonds is 4. The van der Waals surface area contributed by atoms with Crippen molar-refractivity contribution >= 4 is 22.4 Å². The fourth-order valence-electron chi connectivity index (χ4n) is 2.43. The monoisotopic (exact) mass is 271 g/mol. The highest BCUT2D eigenvalue weighted by Crippen LogP contribution is 2.22. The van der Waals surface area contributed by atoms with E-state index >= 15 is 0 Å². The van der Waals surface area contributed by atoms with Gasteiger partial charge in [-0.3, -0.25) is 0 Å². The minimum atomic E-state index is 0.0216. The average Bonchev–Trinajstić information content (AvgIpc) is 3.05. The molecule has 0 spiro atoms. The van der Waals surface area contributed by atoms with Gasteiger partial charge in [0, 0.05) is 19.0 Å². The number of hydrogen-bond acceptors (Lipinski definition) is 3. The van der Waals surface area contributed by atoms with Crippen LogP contribution in [0.25, 0.3) is 11.0 Å². The Kier molecular flexibility index (Phi) is 3.36. The Morgan fingerprint density at radius 2 is 2.16 bits per heavy atom. The molecule has 3 aromatic rings. The van der Waals surface area contributed by atoms with E-state index in [0.29, 0.717) is 0 Å². The third kappa shape index (κ3) is 2.29. The van der Waals surface area contributed by atoms with E-state index in [1.165, 1.54) is 11.1 Å². The summed E-state index contributed by atoms with van der Waals surface area (Å²) < 4.78 is 2.25. The maximum Gasteiger partial charge on any atom is 0.111 e. The van der Waals surface area contributed by atoms with Crippen LogP contribution in [-0.4, -0.2) is 9.55 Å². The number of thiophene rings is 1. The third-order valence-corrected chi connectivity index (χ3v) is 4.13. The molecule has 2 aromatic heterocycles. The second-order valence-corrected chi connectivity index (χ2v) is 5.41. The molecule has 3 nitrogen and oxygen atoms in total. The van der Waals surface area contributed by atoms with Crippen LogP contribution < -0.4 is 5.73 Å². The van der Waals surface area contributed by atoms with Crippen molar-refractivity contribution in [1.29, 1.82) is 0 Å². The number of imidazole rings is 1. The first-order valence-electron chi connectivity index (χ1n) is 6.51. The molecule has 19 heavy (non-hydrogen) atoms. The van der Waals surface area contributed by atoms with Crippen LogP contribution in [0.5, 0.6) is 0 Å². The Balaban J connectivity index is 1.96. The maximum atomic E-state index is 6.27. The smallest absolute Gasteiger partial charge is 0.111 e. The van der Waals surface area contributed by atoms with E-state index in [2.05, 4.69) is 46.5 Å². The lowest BCUT2D eigenvalue weighted by Crippen LogP contribution is -2.15. The summed E-state index contributed by atoms with van der Waals surface area (Å²) in [5, 5.41) is 4.18. The number of nitrogens with zero attached hydrogens (tertiary/aromatic N) is 2. The predicted molar refractivity (Wildman–Crippen MR) is 80.4 cm³/mol. The molecule has 4 heteroatoms. The lowest BCUT2D eigenvalue weighted by Gasteiger charge is -2.11. The number of fused-ring (bicyclic) bond motifs is 1. The van der Waals surface area contributed by atoms with Gasteiger partial charge in [0.25, 0.3) is 0 Å². The number of hydrogen-bond donors (Lipinski definition) is 1. The second kappa shape index (κ2) is 5.15. The molecule has 98 valence electrons. The summed E-state index contributed by atoms with van der Waals surface area (Å²) in [6.07, 6.45) is 0.777. The van der Waals surface area contributed by atoms with E-state index in [-0.39, 0.29) is 6.04 Å². The zero-order chi connectivity index (χ0) is 13.2. The summed E-state index contributed by atoms with van der Waals surface area (Å²) in [5.41, 5.74) is 9.71. The molecule has 0 radical (unpaired) electrons. The van der Waals surface area contributed by atoms with Gasteiger partial charge in [0.1, 0.15) is 5.82 Å². The molecule has 2 heterocycles. The molecule has 0 amide bonds. The Bertz CT molecular complexity index is 670. The Morgan fingerprint density at radius 3 is 2.89 bits per heavy atom. The zero-order valence-corrected chi connectivity index (χ0v) is 11.7. The van der Waals surface area contributed by atoms with Crippen molar-refractivity contribution < 1.29 is 0 Å². The largest absolute Gasteiger partial charge is 0.328 e. The van der Waals surface area contributed by atoms with Gasteiger partial charge >= 0.3 is 0 Å². The first-order valence-corrected chi connectivity index (χ1v) is 7.45. The summed E-state index contributed by atoms with van der Waals surface area (Å²) in [7, 11) is 0. The molecule has 1 unspecified atom stereocenters. The van der Waals surface area contributed by atoms with Gasteiger partial charge in [-0.05, 0) is 41.4 Å². The van der Waals surface area contributed by atoms with Crippen LogP contribution in [0.4, 0.5) is 0 Å². The molecule has 2 N–H and O–H groups in total. The highest BCUT2D eigenvalue weighted by molar-refractivity contribution is 7.07. The SMILES string of the molecule is CCn1c(CC(N)c2ccsc2)nc2ccccc21. The van der Waals surface area contributed by atoms with Crippen LogP contribution in [0.3, 0.4) is 0 Å². The van der Waals surface area contributed by atoms with Crippen molar-refractivity contribution in [3.05, 3.63) is 52.5 Å². The summed E-state index contributed by atoms with van der Waals surface area (Å²) >= 11 is 1.69. The van der Waals surface area contributed by atoms with Crippen molar-refractivity contribution in [1.82, 2.24) is 9.55 Å². The molecule has 0 bridgehead atoms. The van der Waals surface area contributed by atoms with Gasteiger partial charge in [-0.1, -0.05) is 12.1 Å². The molecule has 0 aliphatic carbocycles.